The molecule has 3 aromatic rings. The first kappa shape index (κ1) is 21.2. The average molecular weight is 485 g/mol. The van der Waals surface area contributed by atoms with Crippen LogP contribution < -0.4 is 10.2 Å². The monoisotopic (exact) mass is 484 g/mol. The molecule has 2 heterocycles. The van der Waals surface area contributed by atoms with Crippen molar-refractivity contribution in [2.75, 3.05) is 11.4 Å². The van der Waals surface area contributed by atoms with Crippen LogP contribution in [0.3, 0.4) is 0 Å². The Hall–Kier alpha value is -3.00. The number of rotatable bonds is 5. The predicted octanol–water partition coefficient (Wildman–Crippen LogP) is 4.31. The predicted molar refractivity (Wildman–Crippen MR) is 119 cm³/mol. The van der Waals surface area contributed by atoms with E-state index in [1.165, 1.54) is 12.1 Å². The fourth-order valence-electron chi connectivity index (χ4n) is 3.89. The molecule has 1 saturated heterocycles. The van der Waals surface area contributed by atoms with E-state index >= 15 is 0 Å². The topological polar surface area (TPSA) is 67.2 Å². The third-order valence-corrected chi connectivity index (χ3v) is 6.25. The van der Waals surface area contributed by atoms with Crippen molar-refractivity contribution in [3.8, 4) is 5.69 Å². The second kappa shape index (κ2) is 8.63. The molecule has 1 fully saturated rings. The molecule has 1 aliphatic rings. The van der Waals surface area contributed by atoms with Gasteiger partial charge in [-0.2, -0.15) is 5.10 Å². The van der Waals surface area contributed by atoms with Crippen molar-refractivity contribution in [2.45, 2.75) is 26.3 Å². The van der Waals surface area contributed by atoms with Gasteiger partial charge in [-0.05, 0) is 66.2 Å². The van der Waals surface area contributed by atoms with Crippen molar-refractivity contribution < 1.29 is 14.0 Å². The van der Waals surface area contributed by atoms with E-state index in [0.29, 0.717) is 6.54 Å². The van der Waals surface area contributed by atoms with Gasteiger partial charge in [0.1, 0.15) is 5.82 Å². The Bertz CT molecular complexity index is 1130. The first-order valence-corrected chi connectivity index (χ1v) is 10.8. The second-order valence-electron chi connectivity index (χ2n) is 7.66. The van der Waals surface area contributed by atoms with Crippen LogP contribution in [0.1, 0.15) is 30.6 Å². The van der Waals surface area contributed by atoms with Crippen LogP contribution in [0.25, 0.3) is 5.69 Å². The minimum atomic E-state index is -0.422. The summed E-state index contributed by atoms with van der Waals surface area (Å²) in [4.78, 5) is 27.1. The largest absolute Gasteiger partial charge is 0.349 e. The lowest BCUT2D eigenvalue weighted by Gasteiger charge is -2.19. The van der Waals surface area contributed by atoms with Gasteiger partial charge in [0.15, 0.2) is 0 Å². The SMILES string of the molecule is Cc1c(C(C)NC(=O)C2CC(=O)N(c3ccccc3Br)C2)cnn1-c1ccc(F)cc1. The molecule has 4 rings (SSSR count). The van der Waals surface area contributed by atoms with Crippen LogP contribution in [0.5, 0.6) is 0 Å². The Kier molecular flexibility index (Phi) is 5.91. The zero-order valence-electron chi connectivity index (χ0n) is 17.2. The van der Waals surface area contributed by atoms with Crippen LogP contribution in [0, 0.1) is 18.7 Å². The normalized spacial score (nSPS) is 17.1. The van der Waals surface area contributed by atoms with E-state index in [4.69, 9.17) is 0 Å². The molecule has 1 N–H and O–H groups in total. The molecular weight excluding hydrogens is 463 g/mol. The van der Waals surface area contributed by atoms with Gasteiger partial charge in [-0.15, -0.1) is 0 Å². The number of amides is 2. The van der Waals surface area contributed by atoms with Gasteiger partial charge in [0.2, 0.25) is 11.8 Å². The summed E-state index contributed by atoms with van der Waals surface area (Å²) in [7, 11) is 0. The quantitative estimate of drug-likeness (QED) is 0.586. The van der Waals surface area contributed by atoms with Gasteiger partial charge in [0, 0.05) is 28.7 Å². The molecule has 0 bridgehead atoms. The van der Waals surface area contributed by atoms with Crippen molar-refractivity contribution in [1.29, 1.82) is 0 Å². The summed E-state index contributed by atoms with van der Waals surface area (Å²) >= 11 is 3.47. The maximum Gasteiger partial charge on any atom is 0.227 e. The van der Waals surface area contributed by atoms with Gasteiger partial charge in [-0.1, -0.05) is 12.1 Å². The highest BCUT2D eigenvalue weighted by atomic mass is 79.9. The Morgan fingerprint density at radius 3 is 2.65 bits per heavy atom. The Balaban J connectivity index is 1.45. The lowest BCUT2D eigenvalue weighted by atomic mass is 10.1. The van der Waals surface area contributed by atoms with Gasteiger partial charge in [0.25, 0.3) is 0 Å². The molecule has 31 heavy (non-hydrogen) atoms. The number of anilines is 1. The van der Waals surface area contributed by atoms with Crippen LogP contribution in [-0.4, -0.2) is 28.1 Å². The summed E-state index contributed by atoms with van der Waals surface area (Å²) in [6, 6.07) is 13.3. The van der Waals surface area contributed by atoms with Crippen LogP contribution in [0.4, 0.5) is 10.1 Å². The first-order chi connectivity index (χ1) is 14.8. The molecule has 160 valence electrons. The number of hydrogen-bond donors (Lipinski definition) is 1. The van der Waals surface area contributed by atoms with E-state index < -0.39 is 5.92 Å². The standard InChI is InChI=1S/C23H22BrFN4O2/c1-14(19-12-26-29(15(19)2)18-9-7-17(25)8-10-18)27-23(31)16-11-22(30)28(13-16)21-6-4-3-5-20(21)24/h3-10,12,14,16H,11,13H2,1-2H3,(H,27,31). The molecule has 2 atom stereocenters. The third kappa shape index (κ3) is 4.25. The molecule has 0 saturated carbocycles. The maximum absolute atomic E-state index is 13.2. The van der Waals surface area contributed by atoms with Crippen molar-refractivity contribution in [3.63, 3.8) is 0 Å². The van der Waals surface area contributed by atoms with Gasteiger partial charge in [-0.3, -0.25) is 9.59 Å². The van der Waals surface area contributed by atoms with Gasteiger partial charge in [0.05, 0.1) is 29.5 Å². The van der Waals surface area contributed by atoms with E-state index in [2.05, 4.69) is 26.3 Å². The lowest BCUT2D eigenvalue weighted by molar-refractivity contribution is -0.126. The molecule has 2 amide bonds. The number of benzene rings is 2. The summed E-state index contributed by atoms with van der Waals surface area (Å²) in [5, 5.41) is 7.41. The molecule has 0 radical (unpaired) electrons. The maximum atomic E-state index is 13.2. The Morgan fingerprint density at radius 1 is 1.23 bits per heavy atom. The number of hydrogen-bond acceptors (Lipinski definition) is 3. The summed E-state index contributed by atoms with van der Waals surface area (Å²) in [6.45, 7) is 4.13. The zero-order chi connectivity index (χ0) is 22.1. The highest BCUT2D eigenvalue weighted by Crippen LogP contribution is 2.31. The van der Waals surface area contributed by atoms with Gasteiger partial charge in [-0.25, -0.2) is 9.07 Å². The summed E-state index contributed by atoms with van der Waals surface area (Å²) in [5.74, 6) is -0.962. The Morgan fingerprint density at radius 2 is 1.94 bits per heavy atom. The smallest absolute Gasteiger partial charge is 0.227 e. The fraction of sp³-hybridized carbons (Fsp3) is 0.261. The lowest BCUT2D eigenvalue weighted by Crippen LogP contribution is -2.34. The minimum Gasteiger partial charge on any atom is -0.349 e. The summed E-state index contributed by atoms with van der Waals surface area (Å²) in [5.41, 5.74) is 3.24. The van der Waals surface area contributed by atoms with Crippen LogP contribution >= 0.6 is 15.9 Å². The van der Waals surface area contributed by atoms with Crippen molar-refractivity contribution >= 4 is 33.4 Å². The number of nitrogens with one attached hydrogen (secondary N) is 1. The molecule has 2 aromatic carbocycles. The molecular formula is C23H22BrFN4O2. The number of nitrogens with zero attached hydrogens (tertiary/aromatic N) is 3. The molecule has 0 spiro atoms. The third-order valence-electron chi connectivity index (χ3n) is 5.58. The Labute approximate surface area is 188 Å². The molecule has 1 aromatic heterocycles. The van der Waals surface area contributed by atoms with Gasteiger partial charge >= 0.3 is 0 Å². The number of para-hydroxylation sites is 1. The van der Waals surface area contributed by atoms with E-state index in [9.17, 15) is 14.0 Å². The van der Waals surface area contributed by atoms with Crippen LogP contribution in [0.2, 0.25) is 0 Å². The van der Waals surface area contributed by atoms with E-state index in [0.717, 1.165) is 27.1 Å². The highest BCUT2D eigenvalue weighted by molar-refractivity contribution is 9.10. The van der Waals surface area contributed by atoms with Crippen LogP contribution in [-0.2, 0) is 9.59 Å². The van der Waals surface area contributed by atoms with Crippen LogP contribution in [0.15, 0.2) is 59.2 Å². The summed E-state index contributed by atoms with van der Waals surface area (Å²) in [6.07, 6.45) is 1.88. The van der Waals surface area contributed by atoms with E-state index in [1.807, 2.05) is 38.1 Å². The molecule has 0 aliphatic carbocycles. The van der Waals surface area contributed by atoms with Crippen molar-refractivity contribution in [1.82, 2.24) is 15.1 Å². The first-order valence-electron chi connectivity index (χ1n) is 10.0. The van der Waals surface area contributed by atoms with Crippen molar-refractivity contribution in [2.24, 2.45) is 5.92 Å². The highest BCUT2D eigenvalue weighted by Gasteiger charge is 2.36. The zero-order valence-corrected chi connectivity index (χ0v) is 18.8. The summed E-state index contributed by atoms with van der Waals surface area (Å²) < 4.78 is 15.7. The molecule has 1 aliphatic heterocycles. The van der Waals surface area contributed by atoms with Gasteiger partial charge < -0.3 is 10.2 Å². The number of halogens is 2. The number of carbonyl (C=O) groups excluding carboxylic acids is 2. The van der Waals surface area contributed by atoms with E-state index in [-0.39, 0.29) is 30.1 Å². The number of aromatic nitrogens is 2. The van der Waals surface area contributed by atoms with E-state index in [1.54, 1.807) is 27.9 Å². The average Bonchev–Trinajstić information content (AvgIpc) is 3.32. The van der Waals surface area contributed by atoms with Crippen molar-refractivity contribution in [3.05, 3.63) is 76.3 Å². The minimum absolute atomic E-state index is 0.0694. The number of carbonyl (C=O) groups is 2. The fourth-order valence-corrected chi connectivity index (χ4v) is 4.38. The molecule has 8 heteroatoms. The molecule has 2 unspecified atom stereocenters. The molecule has 6 nitrogen and oxygen atoms in total. The second-order valence-corrected chi connectivity index (χ2v) is 8.51.